The predicted molar refractivity (Wildman–Crippen MR) is 283 cm³/mol. The van der Waals surface area contributed by atoms with Crippen LogP contribution in [0.1, 0.15) is 135 Å². The first kappa shape index (κ1) is 59.5. The zero-order valence-corrected chi connectivity index (χ0v) is 43.4. The van der Waals surface area contributed by atoms with Crippen molar-refractivity contribution in [3.05, 3.63) is 169 Å². The van der Waals surface area contributed by atoms with Gasteiger partial charge in [-0.3, -0.25) is 9.98 Å². The molecule has 0 spiro atoms. The van der Waals surface area contributed by atoms with Gasteiger partial charge in [-0.15, -0.1) is 6.07 Å². The summed E-state index contributed by atoms with van der Waals surface area (Å²) in [6, 6.07) is 49.3. The van der Waals surface area contributed by atoms with Crippen LogP contribution in [0, 0.1) is 25.0 Å². The SMILES string of the molecule is Brc1cccc(-c2ccccc2)n1.CCCCN=CC1CCCCC1.CCCCNC(c1cccc(-c2ccccc2)n1)C1CCCCC1.[CH2-]CCC.[Li+].[Li+].[c-]1cccc(-c2ccccc2)n1. The number of aromatic nitrogens is 3. The summed E-state index contributed by atoms with van der Waals surface area (Å²) < 4.78 is 0.869. The van der Waals surface area contributed by atoms with Gasteiger partial charge in [0.05, 0.1) is 23.1 Å². The zero-order valence-electron chi connectivity index (χ0n) is 41.8. The Morgan fingerprint density at radius 1 is 0.612 bits per heavy atom. The first-order valence-electron chi connectivity index (χ1n) is 24.7. The summed E-state index contributed by atoms with van der Waals surface area (Å²) in [5, 5.41) is 3.82. The average Bonchev–Trinajstić information content (AvgIpc) is 3.39. The van der Waals surface area contributed by atoms with E-state index in [0.29, 0.717) is 6.04 Å². The van der Waals surface area contributed by atoms with Crippen LogP contribution in [-0.4, -0.2) is 34.3 Å². The van der Waals surface area contributed by atoms with E-state index in [2.05, 4.69) is 137 Å². The molecule has 6 aromatic rings. The summed E-state index contributed by atoms with van der Waals surface area (Å²) in [7, 11) is 0. The summed E-state index contributed by atoms with van der Waals surface area (Å²) in [4.78, 5) is 18.0. The fourth-order valence-corrected chi connectivity index (χ4v) is 8.18. The molecule has 1 atom stereocenters. The number of aliphatic imine (C=N–C) groups is 1. The molecule has 346 valence electrons. The summed E-state index contributed by atoms with van der Waals surface area (Å²) in [5.41, 5.74) is 7.76. The van der Waals surface area contributed by atoms with Crippen molar-refractivity contribution >= 4 is 22.1 Å². The van der Waals surface area contributed by atoms with Gasteiger partial charge in [0, 0.05) is 23.9 Å². The Kier molecular flexibility index (Phi) is 34.0. The molecular weight excluding hydrogens is 872 g/mol. The van der Waals surface area contributed by atoms with Crippen LogP contribution in [-0.2, 0) is 0 Å². The molecule has 0 radical (unpaired) electrons. The van der Waals surface area contributed by atoms with Crippen molar-refractivity contribution in [2.75, 3.05) is 13.1 Å². The van der Waals surface area contributed by atoms with Crippen molar-refractivity contribution in [1.82, 2.24) is 20.3 Å². The van der Waals surface area contributed by atoms with Gasteiger partial charge in [0.1, 0.15) is 4.60 Å². The summed E-state index contributed by atoms with van der Waals surface area (Å²) in [6.07, 6.45) is 26.2. The molecule has 2 fully saturated rings. The molecule has 0 aliphatic heterocycles. The molecule has 0 amide bonds. The minimum absolute atomic E-state index is 0. The molecule has 5 nitrogen and oxygen atoms in total. The number of pyridine rings is 3. The molecule has 8 rings (SSSR count). The molecule has 3 heterocycles. The third kappa shape index (κ3) is 24.5. The first-order valence-corrected chi connectivity index (χ1v) is 25.5. The second-order valence-corrected chi connectivity index (χ2v) is 17.7. The van der Waals surface area contributed by atoms with Gasteiger partial charge >= 0.3 is 37.7 Å². The van der Waals surface area contributed by atoms with Crippen LogP contribution in [0.4, 0.5) is 0 Å². The molecule has 0 saturated heterocycles. The number of rotatable bonds is 14. The number of hydrogen-bond donors (Lipinski definition) is 1. The fourth-order valence-electron chi connectivity index (χ4n) is 7.84. The third-order valence-corrected chi connectivity index (χ3v) is 12.0. The molecule has 1 N–H and O–H groups in total. The Balaban J connectivity index is 0.000000310. The number of benzene rings is 3. The Morgan fingerprint density at radius 3 is 1.63 bits per heavy atom. The minimum Gasteiger partial charge on any atom is -0.386 e. The van der Waals surface area contributed by atoms with Crippen molar-refractivity contribution in [3.63, 3.8) is 0 Å². The van der Waals surface area contributed by atoms with Crippen molar-refractivity contribution < 1.29 is 37.7 Å². The average molecular weight is 949 g/mol. The van der Waals surface area contributed by atoms with E-state index in [1.165, 1.54) is 108 Å². The molecule has 2 saturated carbocycles. The van der Waals surface area contributed by atoms with E-state index in [-0.39, 0.29) is 37.7 Å². The second-order valence-electron chi connectivity index (χ2n) is 16.9. The van der Waals surface area contributed by atoms with Crippen LogP contribution in [0.25, 0.3) is 33.8 Å². The first-order chi connectivity index (χ1) is 32.1. The monoisotopic (exact) mass is 948 g/mol. The smallest absolute Gasteiger partial charge is 0.386 e. The van der Waals surface area contributed by atoms with E-state index in [9.17, 15) is 0 Å². The number of hydrogen-bond acceptors (Lipinski definition) is 5. The molecule has 2 aliphatic rings. The molecule has 67 heavy (non-hydrogen) atoms. The van der Waals surface area contributed by atoms with Gasteiger partial charge in [0.25, 0.3) is 0 Å². The van der Waals surface area contributed by atoms with Gasteiger partial charge < -0.3 is 17.2 Å². The van der Waals surface area contributed by atoms with Crippen LogP contribution < -0.4 is 43.0 Å². The maximum absolute atomic E-state index is 5.03. The van der Waals surface area contributed by atoms with Crippen molar-refractivity contribution in [1.29, 1.82) is 0 Å². The molecule has 3 aromatic heterocycles. The standard InChI is InChI=1S/C22H30N2.C11H8BrN.C11H8N.C11H21N.C4H9.2Li/c1-2-3-17-23-22(19-13-8-5-9-14-19)21-16-10-15-20(24-21)18-11-6-4-7-12-18;12-11-8-4-7-10(13-11)9-5-2-1-3-6-9;1-2-6-10(7-3-1)11-8-4-5-9-12-11;1-2-3-9-12-10-11-7-5-4-6-8-11;1-3-4-2;;/h4,6-7,10-12,15-16,19,22-23H,2-3,5,8-9,13-14,17H2,1H3;1-8H;1-8H;10-11H,2-9H2,1H3;1,3-4H2,2H3;;/q;;-1;;-1;2*+1. The summed E-state index contributed by atoms with van der Waals surface area (Å²) in [5.74, 6) is 1.55. The number of nitrogens with zero attached hydrogens (tertiary/aromatic N) is 4. The van der Waals surface area contributed by atoms with Crippen LogP contribution in [0.2, 0.25) is 0 Å². The topological polar surface area (TPSA) is 63.1 Å². The van der Waals surface area contributed by atoms with Crippen LogP contribution >= 0.6 is 15.9 Å². The largest absolute Gasteiger partial charge is 1.00 e. The van der Waals surface area contributed by atoms with Gasteiger partial charge in [-0.05, 0) is 103 Å². The summed E-state index contributed by atoms with van der Waals surface area (Å²) >= 11 is 3.35. The third-order valence-electron chi connectivity index (χ3n) is 11.6. The number of halogens is 1. The fraction of sp³-hybridized carbons (Fsp3) is 0.407. The normalized spacial score (nSPS) is 13.8. The maximum Gasteiger partial charge on any atom is 1.00 e. The zero-order chi connectivity index (χ0) is 46.0. The number of nitrogens with one attached hydrogen (secondary N) is 1. The molecule has 2 aliphatic carbocycles. The molecule has 8 heteroatoms. The van der Waals surface area contributed by atoms with E-state index in [1.807, 2.05) is 78.9 Å². The minimum atomic E-state index is 0. The van der Waals surface area contributed by atoms with Crippen LogP contribution in [0.15, 0.2) is 155 Å². The molecule has 3 aromatic carbocycles. The molecule has 1 unspecified atom stereocenters. The maximum atomic E-state index is 5.03. The van der Waals surface area contributed by atoms with Crippen LogP contribution in [0.5, 0.6) is 0 Å². The molecular formula is C59H76BrLi2N5. The van der Waals surface area contributed by atoms with Crippen molar-refractivity contribution in [3.8, 4) is 33.8 Å². The Hall–Kier alpha value is -3.59. The van der Waals surface area contributed by atoms with Crippen molar-refractivity contribution in [2.45, 2.75) is 130 Å². The van der Waals surface area contributed by atoms with E-state index in [1.54, 1.807) is 6.07 Å². The van der Waals surface area contributed by atoms with Gasteiger partial charge in [0.15, 0.2) is 0 Å². The number of unbranched alkanes of at least 4 members (excludes halogenated alkanes) is 3. The molecule has 0 bridgehead atoms. The van der Waals surface area contributed by atoms with Gasteiger partial charge in [-0.1, -0.05) is 193 Å². The van der Waals surface area contributed by atoms with Gasteiger partial charge in [-0.25, -0.2) is 4.98 Å². The van der Waals surface area contributed by atoms with Gasteiger partial charge in [0.2, 0.25) is 0 Å². The Morgan fingerprint density at radius 2 is 1.12 bits per heavy atom. The van der Waals surface area contributed by atoms with E-state index < -0.39 is 0 Å². The quantitative estimate of drug-likeness (QED) is 0.0389. The Labute approximate surface area is 439 Å². The van der Waals surface area contributed by atoms with Crippen LogP contribution in [0.3, 0.4) is 0 Å². The van der Waals surface area contributed by atoms with Gasteiger partial charge in [-0.2, -0.15) is 18.6 Å². The van der Waals surface area contributed by atoms with E-state index in [4.69, 9.17) is 4.98 Å². The van der Waals surface area contributed by atoms with E-state index in [0.717, 1.165) is 64.2 Å². The summed E-state index contributed by atoms with van der Waals surface area (Å²) in [6.45, 7) is 12.3. The predicted octanol–water partition coefficient (Wildman–Crippen LogP) is 10.9. The van der Waals surface area contributed by atoms with E-state index >= 15 is 0 Å². The van der Waals surface area contributed by atoms with Crippen molar-refractivity contribution in [2.24, 2.45) is 16.8 Å². The second kappa shape index (κ2) is 38.3. The Bertz CT molecular complexity index is 2040.